The van der Waals surface area contributed by atoms with Crippen molar-refractivity contribution in [3.8, 4) is 0 Å². The summed E-state index contributed by atoms with van der Waals surface area (Å²) in [4.78, 5) is 46.9. The van der Waals surface area contributed by atoms with Gasteiger partial charge in [0, 0.05) is 19.6 Å². The Bertz CT molecular complexity index is 619. The Morgan fingerprint density at radius 1 is 1.13 bits per heavy atom. The molecule has 9 heteroatoms. The van der Waals surface area contributed by atoms with Crippen LogP contribution in [0.25, 0.3) is 0 Å². The van der Waals surface area contributed by atoms with Gasteiger partial charge in [0.2, 0.25) is 5.91 Å². The number of amides is 4. The number of nitrogens with zero attached hydrogens (tertiary/aromatic N) is 1. The fourth-order valence-electron chi connectivity index (χ4n) is 1.82. The first-order valence-electron chi connectivity index (χ1n) is 6.75. The predicted octanol–water partition coefficient (Wildman–Crippen LogP) is 0.253. The van der Waals surface area contributed by atoms with Crippen LogP contribution < -0.4 is 10.6 Å². The molecule has 0 spiro atoms. The molecule has 0 aromatic heterocycles. The topological polar surface area (TPSA) is 95.6 Å². The molecule has 0 aliphatic carbocycles. The third-order valence-corrected chi connectivity index (χ3v) is 3.89. The standard InChI is InChI=1S/C14H14FN3O4S/c15-10-3-1-9(2-4-10)7-17-13(21)12(20)16-5-6-18-11(19)8-23-14(18)22/h1-4H,5-8H2,(H,16,20)(H,17,21). The number of thioether (sulfide) groups is 1. The summed E-state index contributed by atoms with van der Waals surface area (Å²) in [6, 6.07) is 5.50. The Hall–Kier alpha value is -2.42. The molecule has 0 radical (unpaired) electrons. The van der Waals surface area contributed by atoms with Gasteiger partial charge in [-0.25, -0.2) is 4.39 Å². The van der Waals surface area contributed by atoms with E-state index >= 15 is 0 Å². The Labute approximate surface area is 135 Å². The number of hydrogen-bond donors (Lipinski definition) is 2. The molecule has 2 rings (SSSR count). The van der Waals surface area contributed by atoms with Crippen LogP contribution in [0.5, 0.6) is 0 Å². The Balaban J connectivity index is 1.70. The zero-order chi connectivity index (χ0) is 16.8. The summed E-state index contributed by atoms with van der Waals surface area (Å²) in [6.45, 7) is 0.120. The first-order valence-corrected chi connectivity index (χ1v) is 7.73. The normalized spacial score (nSPS) is 14.0. The molecule has 1 aromatic carbocycles. The summed E-state index contributed by atoms with van der Waals surface area (Å²) in [5, 5.41) is 4.36. The number of benzene rings is 1. The highest BCUT2D eigenvalue weighted by molar-refractivity contribution is 8.14. The number of carbonyl (C=O) groups is 4. The molecular formula is C14H14FN3O4S. The number of nitrogens with one attached hydrogen (secondary N) is 2. The molecule has 1 aliphatic heterocycles. The molecule has 7 nitrogen and oxygen atoms in total. The second-order valence-electron chi connectivity index (χ2n) is 4.67. The first kappa shape index (κ1) is 16.9. The van der Waals surface area contributed by atoms with Crippen molar-refractivity contribution in [3.05, 3.63) is 35.6 Å². The molecule has 0 saturated carbocycles. The lowest BCUT2D eigenvalue weighted by Crippen LogP contribution is -2.43. The highest BCUT2D eigenvalue weighted by Gasteiger charge is 2.29. The molecule has 2 N–H and O–H groups in total. The van der Waals surface area contributed by atoms with E-state index in [4.69, 9.17) is 0 Å². The molecule has 122 valence electrons. The number of carbonyl (C=O) groups excluding carboxylic acids is 4. The van der Waals surface area contributed by atoms with Crippen molar-refractivity contribution < 1.29 is 23.6 Å². The van der Waals surface area contributed by atoms with Gasteiger partial charge in [0.1, 0.15) is 5.82 Å². The lowest BCUT2D eigenvalue weighted by atomic mass is 10.2. The van der Waals surface area contributed by atoms with Gasteiger partial charge in [0.05, 0.1) is 5.75 Å². The van der Waals surface area contributed by atoms with Gasteiger partial charge in [-0.15, -0.1) is 0 Å². The van der Waals surface area contributed by atoms with Crippen molar-refractivity contribution in [1.82, 2.24) is 15.5 Å². The smallest absolute Gasteiger partial charge is 0.309 e. The van der Waals surface area contributed by atoms with E-state index in [1.807, 2.05) is 0 Å². The number of imide groups is 1. The minimum Gasteiger partial charge on any atom is -0.346 e. The fraction of sp³-hybridized carbons (Fsp3) is 0.286. The summed E-state index contributed by atoms with van der Waals surface area (Å²) < 4.78 is 12.7. The average molecular weight is 339 g/mol. The fourth-order valence-corrected chi connectivity index (χ4v) is 2.58. The largest absolute Gasteiger partial charge is 0.346 e. The maximum atomic E-state index is 12.7. The highest BCUT2D eigenvalue weighted by Crippen LogP contribution is 2.17. The van der Waals surface area contributed by atoms with E-state index in [1.54, 1.807) is 0 Å². The van der Waals surface area contributed by atoms with Crippen LogP contribution in [0.3, 0.4) is 0 Å². The third kappa shape index (κ3) is 4.78. The molecule has 0 unspecified atom stereocenters. The average Bonchev–Trinajstić information content (AvgIpc) is 2.85. The van der Waals surface area contributed by atoms with Crippen LogP contribution in [0.2, 0.25) is 0 Å². The molecule has 1 aromatic rings. The SMILES string of the molecule is O=C(NCCN1C(=O)CSC1=O)C(=O)NCc1ccc(F)cc1. The summed E-state index contributed by atoms with van der Waals surface area (Å²) in [5.74, 6) is -2.30. The van der Waals surface area contributed by atoms with Crippen LogP contribution >= 0.6 is 11.8 Å². The first-order chi connectivity index (χ1) is 11.0. The lowest BCUT2D eigenvalue weighted by molar-refractivity contribution is -0.139. The van der Waals surface area contributed by atoms with Crippen LogP contribution in [0.1, 0.15) is 5.56 Å². The van der Waals surface area contributed by atoms with Crippen molar-refractivity contribution in [2.24, 2.45) is 0 Å². The monoisotopic (exact) mass is 339 g/mol. The van der Waals surface area contributed by atoms with Gasteiger partial charge in [0.25, 0.3) is 5.24 Å². The van der Waals surface area contributed by atoms with E-state index in [2.05, 4.69) is 10.6 Å². The molecule has 4 amide bonds. The second kappa shape index (κ2) is 7.73. The summed E-state index contributed by atoms with van der Waals surface area (Å²) >= 11 is 0.904. The van der Waals surface area contributed by atoms with Crippen LogP contribution in [-0.2, 0) is 20.9 Å². The highest BCUT2D eigenvalue weighted by atomic mass is 32.2. The van der Waals surface area contributed by atoms with Crippen LogP contribution in [0, 0.1) is 5.82 Å². The lowest BCUT2D eigenvalue weighted by Gasteiger charge is -2.13. The zero-order valence-corrected chi connectivity index (χ0v) is 12.8. The summed E-state index contributed by atoms with van der Waals surface area (Å²) in [6.07, 6.45) is 0. The maximum absolute atomic E-state index is 12.7. The summed E-state index contributed by atoms with van der Waals surface area (Å²) in [7, 11) is 0. The molecule has 23 heavy (non-hydrogen) atoms. The quantitative estimate of drug-likeness (QED) is 0.750. The zero-order valence-electron chi connectivity index (χ0n) is 12.0. The minimum atomic E-state index is -0.862. The molecular weight excluding hydrogens is 325 g/mol. The summed E-state index contributed by atoms with van der Waals surface area (Å²) in [5.41, 5.74) is 0.651. The van der Waals surface area contributed by atoms with Crippen LogP contribution in [0.15, 0.2) is 24.3 Å². The van der Waals surface area contributed by atoms with Gasteiger partial charge in [-0.2, -0.15) is 0 Å². The van der Waals surface area contributed by atoms with Crippen molar-refractivity contribution in [3.63, 3.8) is 0 Å². The Kier molecular flexibility index (Phi) is 5.69. The van der Waals surface area contributed by atoms with Gasteiger partial charge in [-0.05, 0) is 17.7 Å². The van der Waals surface area contributed by atoms with E-state index < -0.39 is 11.8 Å². The van der Waals surface area contributed by atoms with Crippen LogP contribution in [-0.4, -0.2) is 46.7 Å². The number of rotatable bonds is 5. The molecule has 1 fully saturated rings. The van der Waals surface area contributed by atoms with Crippen LogP contribution in [0.4, 0.5) is 9.18 Å². The number of hydrogen-bond acceptors (Lipinski definition) is 5. The molecule has 1 heterocycles. The van der Waals surface area contributed by atoms with Crippen molar-refractivity contribution in [2.75, 3.05) is 18.8 Å². The third-order valence-electron chi connectivity index (χ3n) is 3.03. The van der Waals surface area contributed by atoms with E-state index in [0.29, 0.717) is 5.56 Å². The molecule has 0 bridgehead atoms. The maximum Gasteiger partial charge on any atom is 0.309 e. The molecule has 1 saturated heterocycles. The van der Waals surface area contributed by atoms with Crippen molar-refractivity contribution in [1.29, 1.82) is 0 Å². The Morgan fingerprint density at radius 2 is 1.78 bits per heavy atom. The molecule has 0 atom stereocenters. The Morgan fingerprint density at radius 3 is 2.39 bits per heavy atom. The van der Waals surface area contributed by atoms with E-state index in [0.717, 1.165) is 16.7 Å². The number of halogens is 1. The predicted molar refractivity (Wildman–Crippen MR) is 80.8 cm³/mol. The van der Waals surface area contributed by atoms with E-state index in [9.17, 15) is 23.6 Å². The molecule has 1 aliphatic rings. The van der Waals surface area contributed by atoms with Gasteiger partial charge < -0.3 is 10.6 Å². The second-order valence-corrected chi connectivity index (χ2v) is 5.59. The van der Waals surface area contributed by atoms with Gasteiger partial charge in [-0.3, -0.25) is 24.1 Å². The van der Waals surface area contributed by atoms with E-state index in [1.165, 1.54) is 24.3 Å². The van der Waals surface area contributed by atoms with Gasteiger partial charge >= 0.3 is 11.8 Å². The van der Waals surface area contributed by atoms with Gasteiger partial charge in [0.15, 0.2) is 0 Å². The minimum absolute atomic E-state index is 0.000835. The van der Waals surface area contributed by atoms with Gasteiger partial charge in [-0.1, -0.05) is 23.9 Å². The van der Waals surface area contributed by atoms with Crippen molar-refractivity contribution >= 4 is 34.7 Å². The van der Waals surface area contributed by atoms with Crippen molar-refractivity contribution in [2.45, 2.75) is 6.54 Å². The van der Waals surface area contributed by atoms with E-state index in [-0.39, 0.29) is 42.4 Å².